The van der Waals surface area contributed by atoms with Crippen molar-refractivity contribution >= 4 is 17.5 Å². The molecule has 0 spiro atoms. The second kappa shape index (κ2) is 12.9. The van der Waals surface area contributed by atoms with Crippen molar-refractivity contribution < 1.29 is 4.74 Å². The monoisotopic (exact) mass is 406 g/mol. The maximum Gasteiger partial charge on any atom is 0.101 e. The summed E-state index contributed by atoms with van der Waals surface area (Å²) in [6.45, 7) is 15.6. The summed E-state index contributed by atoms with van der Waals surface area (Å²) in [7, 11) is 0. The molecular weight excluding hydrogens is 368 g/mol. The highest BCUT2D eigenvalue weighted by Gasteiger charge is 2.08. The standard InChI is InChI=1S/C27H38N2O/c1-6-28(7-2)25-19-15-23(16-20-25)13-11-12-14-27(30-10-5)24-17-21-26(22-18-24)29(8-3)9-4/h11-22,27H,6-10H2,1-5H3/b13-11+,14-12+. The summed E-state index contributed by atoms with van der Waals surface area (Å²) in [5.74, 6) is 0. The van der Waals surface area contributed by atoms with Gasteiger partial charge in [0.2, 0.25) is 0 Å². The minimum Gasteiger partial charge on any atom is -0.372 e. The van der Waals surface area contributed by atoms with E-state index in [-0.39, 0.29) is 6.10 Å². The first-order valence-corrected chi connectivity index (χ1v) is 11.3. The average molecular weight is 407 g/mol. The molecule has 2 aromatic rings. The number of anilines is 2. The van der Waals surface area contributed by atoms with E-state index < -0.39 is 0 Å². The number of hydrogen-bond donors (Lipinski definition) is 0. The zero-order chi connectivity index (χ0) is 21.8. The van der Waals surface area contributed by atoms with Crippen LogP contribution in [0.15, 0.2) is 66.8 Å². The van der Waals surface area contributed by atoms with Gasteiger partial charge in [-0.05, 0) is 70.0 Å². The fourth-order valence-electron chi connectivity index (χ4n) is 3.62. The Morgan fingerprint density at radius 2 is 1.20 bits per heavy atom. The highest BCUT2D eigenvalue weighted by atomic mass is 16.5. The van der Waals surface area contributed by atoms with Crippen molar-refractivity contribution in [1.29, 1.82) is 0 Å². The summed E-state index contributed by atoms with van der Waals surface area (Å²) in [6, 6.07) is 17.5. The quantitative estimate of drug-likeness (QED) is 0.364. The Kier molecular flexibility index (Phi) is 10.2. The van der Waals surface area contributed by atoms with Gasteiger partial charge in [0.25, 0.3) is 0 Å². The van der Waals surface area contributed by atoms with Crippen molar-refractivity contribution in [3.05, 3.63) is 77.9 Å². The molecule has 2 aromatic carbocycles. The summed E-state index contributed by atoms with van der Waals surface area (Å²) in [4.78, 5) is 4.70. The largest absolute Gasteiger partial charge is 0.372 e. The number of allylic oxidation sites excluding steroid dienone is 2. The molecule has 0 saturated carbocycles. The Morgan fingerprint density at radius 1 is 0.700 bits per heavy atom. The Labute approximate surface area is 183 Å². The minimum absolute atomic E-state index is 0.0320. The molecule has 162 valence electrons. The lowest BCUT2D eigenvalue weighted by atomic mass is 10.1. The Hall–Kier alpha value is -2.52. The molecule has 0 radical (unpaired) electrons. The van der Waals surface area contributed by atoms with Crippen LogP contribution in [0.25, 0.3) is 6.08 Å². The van der Waals surface area contributed by atoms with E-state index in [0.717, 1.165) is 26.2 Å². The van der Waals surface area contributed by atoms with Crippen molar-refractivity contribution in [2.45, 2.75) is 40.7 Å². The Bertz CT molecular complexity index is 770. The van der Waals surface area contributed by atoms with Gasteiger partial charge in [-0.3, -0.25) is 0 Å². The van der Waals surface area contributed by atoms with Crippen LogP contribution in [0.5, 0.6) is 0 Å². The molecule has 0 amide bonds. The van der Waals surface area contributed by atoms with Crippen LogP contribution >= 0.6 is 0 Å². The minimum atomic E-state index is -0.0320. The van der Waals surface area contributed by atoms with Gasteiger partial charge in [0.05, 0.1) is 0 Å². The molecule has 0 aliphatic heterocycles. The number of ether oxygens (including phenoxy) is 1. The second-order valence-electron chi connectivity index (χ2n) is 7.15. The van der Waals surface area contributed by atoms with E-state index in [1.807, 2.05) is 6.92 Å². The predicted octanol–water partition coefficient (Wildman–Crippen LogP) is 6.73. The van der Waals surface area contributed by atoms with Crippen LogP contribution in [0.4, 0.5) is 11.4 Å². The summed E-state index contributed by atoms with van der Waals surface area (Å²) in [5.41, 5.74) is 4.92. The van der Waals surface area contributed by atoms with Crippen LogP contribution in [-0.4, -0.2) is 32.8 Å². The first-order valence-electron chi connectivity index (χ1n) is 11.3. The summed E-state index contributed by atoms with van der Waals surface area (Å²) >= 11 is 0. The molecule has 0 aliphatic rings. The van der Waals surface area contributed by atoms with Gasteiger partial charge in [-0.15, -0.1) is 0 Å². The third kappa shape index (κ3) is 6.77. The van der Waals surface area contributed by atoms with E-state index in [9.17, 15) is 0 Å². The van der Waals surface area contributed by atoms with Crippen LogP contribution in [0, 0.1) is 0 Å². The van der Waals surface area contributed by atoms with Gasteiger partial charge in [0.1, 0.15) is 6.10 Å². The smallest absolute Gasteiger partial charge is 0.101 e. The van der Waals surface area contributed by atoms with Crippen LogP contribution in [0.3, 0.4) is 0 Å². The molecule has 0 heterocycles. The number of hydrogen-bond acceptors (Lipinski definition) is 3. The van der Waals surface area contributed by atoms with E-state index in [1.54, 1.807) is 0 Å². The van der Waals surface area contributed by atoms with Crippen molar-refractivity contribution in [2.24, 2.45) is 0 Å². The van der Waals surface area contributed by atoms with E-state index in [0.29, 0.717) is 6.61 Å². The molecule has 0 fully saturated rings. The SMILES string of the molecule is CCOC(/C=C/C=C/c1ccc(N(CC)CC)cc1)c1ccc(N(CC)CC)cc1. The van der Waals surface area contributed by atoms with Gasteiger partial charge in [0, 0.05) is 44.2 Å². The zero-order valence-corrected chi connectivity index (χ0v) is 19.3. The van der Waals surface area contributed by atoms with Gasteiger partial charge < -0.3 is 14.5 Å². The Morgan fingerprint density at radius 3 is 1.67 bits per heavy atom. The number of benzene rings is 2. The van der Waals surface area contributed by atoms with Crippen LogP contribution in [-0.2, 0) is 4.74 Å². The summed E-state index contributed by atoms with van der Waals surface area (Å²) in [5, 5.41) is 0. The first-order chi connectivity index (χ1) is 14.7. The van der Waals surface area contributed by atoms with Gasteiger partial charge in [0.15, 0.2) is 0 Å². The molecule has 3 nitrogen and oxygen atoms in total. The molecule has 3 heteroatoms. The van der Waals surface area contributed by atoms with E-state index >= 15 is 0 Å². The molecule has 2 rings (SSSR count). The lowest BCUT2D eigenvalue weighted by Crippen LogP contribution is -2.21. The van der Waals surface area contributed by atoms with E-state index in [1.165, 1.54) is 22.5 Å². The molecular formula is C27H38N2O. The maximum absolute atomic E-state index is 5.96. The zero-order valence-electron chi connectivity index (χ0n) is 19.3. The van der Waals surface area contributed by atoms with Crippen LogP contribution in [0.1, 0.15) is 51.8 Å². The van der Waals surface area contributed by atoms with Crippen molar-refractivity contribution in [3.63, 3.8) is 0 Å². The van der Waals surface area contributed by atoms with Gasteiger partial charge in [-0.1, -0.05) is 48.6 Å². The third-order valence-corrected chi connectivity index (χ3v) is 5.40. The fraction of sp³-hybridized carbons (Fsp3) is 0.407. The molecule has 0 N–H and O–H groups in total. The van der Waals surface area contributed by atoms with Crippen molar-refractivity contribution in [1.82, 2.24) is 0 Å². The molecule has 1 atom stereocenters. The topological polar surface area (TPSA) is 15.7 Å². The summed E-state index contributed by atoms with van der Waals surface area (Å²) < 4.78 is 5.96. The van der Waals surface area contributed by atoms with Gasteiger partial charge in [-0.25, -0.2) is 0 Å². The molecule has 0 aliphatic carbocycles. The summed E-state index contributed by atoms with van der Waals surface area (Å²) in [6.07, 6.45) is 8.39. The average Bonchev–Trinajstić information content (AvgIpc) is 2.79. The highest BCUT2D eigenvalue weighted by molar-refractivity contribution is 5.57. The molecule has 0 saturated heterocycles. The van der Waals surface area contributed by atoms with Crippen LogP contribution in [0.2, 0.25) is 0 Å². The van der Waals surface area contributed by atoms with Gasteiger partial charge >= 0.3 is 0 Å². The van der Waals surface area contributed by atoms with E-state index in [4.69, 9.17) is 4.74 Å². The predicted molar refractivity (Wildman–Crippen MR) is 133 cm³/mol. The number of nitrogens with zero attached hydrogens (tertiary/aromatic N) is 2. The van der Waals surface area contributed by atoms with Gasteiger partial charge in [-0.2, -0.15) is 0 Å². The normalized spacial score (nSPS) is 12.6. The van der Waals surface area contributed by atoms with Crippen molar-refractivity contribution in [3.8, 4) is 0 Å². The first kappa shape index (κ1) is 23.8. The Balaban J connectivity index is 2.04. The highest BCUT2D eigenvalue weighted by Crippen LogP contribution is 2.23. The second-order valence-corrected chi connectivity index (χ2v) is 7.15. The van der Waals surface area contributed by atoms with E-state index in [2.05, 4.69) is 110 Å². The molecule has 0 aromatic heterocycles. The lowest BCUT2D eigenvalue weighted by Gasteiger charge is -2.22. The lowest BCUT2D eigenvalue weighted by molar-refractivity contribution is 0.0968. The maximum atomic E-state index is 5.96. The molecule has 1 unspecified atom stereocenters. The van der Waals surface area contributed by atoms with Crippen molar-refractivity contribution in [2.75, 3.05) is 42.6 Å². The third-order valence-electron chi connectivity index (χ3n) is 5.40. The van der Waals surface area contributed by atoms with Crippen LogP contribution < -0.4 is 9.80 Å². The fourth-order valence-corrected chi connectivity index (χ4v) is 3.62. The number of rotatable bonds is 12. The molecule has 30 heavy (non-hydrogen) atoms. The molecule has 0 bridgehead atoms.